The molecule has 29 heavy (non-hydrogen) atoms. The van der Waals surface area contributed by atoms with Crippen molar-refractivity contribution >= 4 is 11.0 Å². The smallest absolute Gasteiger partial charge is 0.117 e. The van der Waals surface area contributed by atoms with E-state index >= 15 is 0 Å². The molecule has 0 bridgehead atoms. The molecule has 0 radical (unpaired) electrons. The first-order chi connectivity index (χ1) is 14.1. The van der Waals surface area contributed by atoms with Gasteiger partial charge in [-0.25, -0.2) is 4.98 Å². The highest BCUT2D eigenvalue weighted by Crippen LogP contribution is 2.28. The molecule has 2 heteroatoms. The molecule has 1 atom stereocenters. The second-order valence-corrected chi connectivity index (χ2v) is 8.94. The minimum Gasteiger partial charge on any atom is -0.327 e. The molecule has 3 aromatic rings. The highest BCUT2D eigenvalue weighted by atomic mass is 15.1. The van der Waals surface area contributed by atoms with E-state index in [4.69, 9.17) is 4.98 Å². The zero-order chi connectivity index (χ0) is 20.6. The molecule has 2 nitrogen and oxygen atoms in total. The van der Waals surface area contributed by atoms with Crippen LogP contribution in [0.2, 0.25) is 0 Å². The predicted octanol–water partition coefficient (Wildman–Crippen LogP) is 7.75. The van der Waals surface area contributed by atoms with Crippen LogP contribution in [0, 0.1) is 5.92 Å². The molecule has 0 aliphatic carbocycles. The van der Waals surface area contributed by atoms with Gasteiger partial charge in [0.1, 0.15) is 5.82 Å². The van der Waals surface area contributed by atoms with E-state index in [-0.39, 0.29) is 0 Å². The summed E-state index contributed by atoms with van der Waals surface area (Å²) in [5.74, 6) is 2.20. The van der Waals surface area contributed by atoms with Gasteiger partial charge in [-0.05, 0) is 42.0 Å². The standard InChI is InChI=1S/C27H38N2/c1-5-6-7-8-9-12-19-29-26-14-11-10-13-25(26)28-27(29)22(4)24-17-15-23(16-18-24)20-21(2)3/h10-11,13-18,21-22H,5-9,12,19-20H2,1-4H3/t22-/m1/s1. The van der Waals surface area contributed by atoms with E-state index in [1.807, 2.05) is 0 Å². The summed E-state index contributed by atoms with van der Waals surface area (Å²) in [5.41, 5.74) is 5.18. The van der Waals surface area contributed by atoms with Crippen LogP contribution in [-0.2, 0) is 13.0 Å². The van der Waals surface area contributed by atoms with Crippen LogP contribution in [0.4, 0.5) is 0 Å². The first-order valence-electron chi connectivity index (χ1n) is 11.6. The molecule has 3 rings (SSSR count). The summed E-state index contributed by atoms with van der Waals surface area (Å²) in [6.07, 6.45) is 9.08. The zero-order valence-corrected chi connectivity index (χ0v) is 18.8. The zero-order valence-electron chi connectivity index (χ0n) is 18.8. The lowest BCUT2D eigenvalue weighted by Gasteiger charge is -2.16. The van der Waals surface area contributed by atoms with E-state index in [0.717, 1.165) is 18.5 Å². The first kappa shape index (κ1) is 21.6. The minimum atomic E-state index is 0.301. The Balaban J connectivity index is 1.78. The third-order valence-electron chi connectivity index (χ3n) is 5.93. The Bertz CT molecular complexity index is 873. The Labute approximate surface area is 177 Å². The molecular formula is C27H38N2. The van der Waals surface area contributed by atoms with Crippen molar-refractivity contribution < 1.29 is 0 Å². The van der Waals surface area contributed by atoms with Crippen LogP contribution in [0.25, 0.3) is 11.0 Å². The average Bonchev–Trinajstić information content (AvgIpc) is 3.09. The number of benzene rings is 2. The molecule has 0 spiro atoms. The van der Waals surface area contributed by atoms with Crippen molar-refractivity contribution in [2.75, 3.05) is 0 Å². The second-order valence-electron chi connectivity index (χ2n) is 8.94. The lowest BCUT2D eigenvalue weighted by molar-refractivity contribution is 0.548. The largest absolute Gasteiger partial charge is 0.327 e. The maximum atomic E-state index is 5.05. The lowest BCUT2D eigenvalue weighted by atomic mass is 9.96. The van der Waals surface area contributed by atoms with E-state index in [1.54, 1.807) is 0 Å². The van der Waals surface area contributed by atoms with Crippen molar-refractivity contribution in [1.29, 1.82) is 0 Å². The van der Waals surface area contributed by atoms with Gasteiger partial charge in [0.15, 0.2) is 0 Å². The Hall–Kier alpha value is -2.09. The maximum absolute atomic E-state index is 5.05. The van der Waals surface area contributed by atoms with Crippen molar-refractivity contribution in [3.63, 3.8) is 0 Å². The highest BCUT2D eigenvalue weighted by molar-refractivity contribution is 5.76. The van der Waals surface area contributed by atoms with E-state index < -0.39 is 0 Å². The normalized spacial score (nSPS) is 12.7. The number of aryl methyl sites for hydroxylation is 1. The summed E-state index contributed by atoms with van der Waals surface area (Å²) in [4.78, 5) is 5.05. The van der Waals surface area contributed by atoms with E-state index in [2.05, 4.69) is 80.8 Å². The van der Waals surface area contributed by atoms with Gasteiger partial charge in [0.05, 0.1) is 11.0 Å². The number of fused-ring (bicyclic) bond motifs is 1. The van der Waals surface area contributed by atoms with Crippen LogP contribution in [0.1, 0.15) is 89.1 Å². The highest BCUT2D eigenvalue weighted by Gasteiger charge is 2.18. The van der Waals surface area contributed by atoms with Gasteiger partial charge in [-0.1, -0.05) is 96.2 Å². The number of aromatic nitrogens is 2. The van der Waals surface area contributed by atoms with Gasteiger partial charge >= 0.3 is 0 Å². The number of para-hydroxylation sites is 2. The van der Waals surface area contributed by atoms with E-state index in [0.29, 0.717) is 11.8 Å². The van der Waals surface area contributed by atoms with Crippen LogP contribution in [-0.4, -0.2) is 9.55 Å². The van der Waals surface area contributed by atoms with Crippen molar-refractivity contribution in [3.05, 3.63) is 65.5 Å². The molecule has 1 heterocycles. The SMILES string of the molecule is CCCCCCCCn1c([C@H](C)c2ccc(CC(C)C)cc2)nc2ccccc21. The number of hydrogen-bond acceptors (Lipinski definition) is 1. The second kappa shape index (κ2) is 10.6. The Morgan fingerprint density at radius 2 is 1.52 bits per heavy atom. The molecule has 0 N–H and O–H groups in total. The summed E-state index contributed by atoms with van der Waals surface area (Å²) in [7, 11) is 0. The Morgan fingerprint density at radius 1 is 0.828 bits per heavy atom. The van der Waals surface area contributed by atoms with Gasteiger partial charge in [-0.2, -0.15) is 0 Å². The van der Waals surface area contributed by atoms with Gasteiger partial charge < -0.3 is 4.57 Å². The fourth-order valence-electron chi connectivity index (χ4n) is 4.27. The molecule has 0 aliphatic rings. The molecule has 0 aliphatic heterocycles. The summed E-state index contributed by atoms with van der Waals surface area (Å²) in [6.45, 7) is 10.2. The lowest BCUT2D eigenvalue weighted by Crippen LogP contribution is -2.09. The van der Waals surface area contributed by atoms with Crippen LogP contribution in [0.3, 0.4) is 0 Å². The number of nitrogens with zero attached hydrogens (tertiary/aromatic N) is 2. The van der Waals surface area contributed by atoms with E-state index in [9.17, 15) is 0 Å². The number of hydrogen-bond donors (Lipinski definition) is 0. The van der Waals surface area contributed by atoms with Gasteiger partial charge in [-0.15, -0.1) is 0 Å². The molecule has 1 aromatic heterocycles. The first-order valence-corrected chi connectivity index (χ1v) is 11.6. The predicted molar refractivity (Wildman–Crippen MR) is 126 cm³/mol. The minimum absolute atomic E-state index is 0.301. The van der Waals surface area contributed by atoms with Crippen molar-refractivity contribution in [2.45, 2.75) is 85.1 Å². The molecule has 2 aromatic carbocycles. The monoisotopic (exact) mass is 390 g/mol. The summed E-state index contributed by atoms with van der Waals surface area (Å²) in [5, 5.41) is 0. The number of rotatable bonds is 11. The van der Waals surface area contributed by atoms with E-state index in [1.165, 1.54) is 61.0 Å². The fourth-order valence-corrected chi connectivity index (χ4v) is 4.27. The van der Waals surface area contributed by atoms with Gasteiger partial charge in [-0.3, -0.25) is 0 Å². The number of imidazole rings is 1. The molecule has 0 fully saturated rings. The van der Waals surface area contributed by atoms with Gasteiger partial charge in [0.25, 0.3) is 0 Å². The molecule has 0 saturated heterocycles. The van der Waals surface area contributed by atoms with Crippen molar-refractivity contribution in [3.8, 4) is 0 Å². The third kappa shape index (κ3) is 5.72. The van der Waals surface area contributed by atoms with Crippen LogP contribution >= 0.6 is 0 Å². The van der Waals surface area contributed by atoms with Gasteiger partial charge in [0, 0.05) is 12.5 Å². The fraction of sp³-hybridized carbons (Fsp3) is 0.519. The van der Waals surface area contributed by atoms with Crippen LogP contribution in [0.15, 0.2) is 48.5 Å². The summed E-state index contributed by atoms with van der Waals surface area (Å²) in [6, 6.07) is 17.8. The van der Waals surface area contributed by atoms with Crippen LogP contribution in [0.5, 0.6) is 0 Å². The Kier molecular flexibility index (Phi) is 7.91. The molecule has 0 saturated carbocycles. The maximum Gasteiger partial charge on any atom is 0.117 e. The van der Waals surface area contributed by atoms with Crippen molar-refractivity contribution in [2.24, 2.45) is 5.92 Å². The van der Waals surface area contributed by atoms with Crippen LogP contribution < -0.4 is 0 Å². The quantitative estimate of drug-likeness (QED) is 0.306. The number of unbranched alkanes of at least 4 members (excludes halogenated alkanes) is 5. The summed E-state index contributed by atoms with van der Waals surface area (Å²) >= 11 is 0. The molecule has 156 valence electrons. The molecular weight excluding hydrogens is 352 g/mol. The third-order valence-corrected chi connectivity index (χ3v) is 5.93. The average molecular weight is 391 g/mol. The Morgan fingerprint density at radius 3 is 2.24 bits per heavy atom. The topological polar surface area (TPSA) is 17.8 Å². The van der Waals surface area contributed by atoms with Crippen molar-refractivity contribution in [1.82, 2.24) is 9.55 Å². The molecule has 0 amide bonds. The summed E-state index contributed by atoms with van der Waals surface area (Å²) < 4.78 is 2.47. The molecule has 0 unspecified atom stereocenters. The van der Waals surface area contributed by atoms with Gasteiger partial charge in [0.2, 0.25) is 0 Å².